The average Bonchev–Trinajstić information content (AvgIpc) is 3.03. The van der Waals surface area contributed by atoms with Crippen LogP contribution in [0.1, 0.15) is 15.9 Å². The summed E-state index contributed by atoms with van der Waals surface area (Å²) in [6.07, 6.45) is 0. The van der Waals surface area contributed by atoms with Crippen LogP contribution in [0, 0.1) is 10.1 Å². The zero-order valence-electron chi connectivity index (χ0n) is 11.4. The highest BCUT2D eigenvalue weighted by Crippen LogP contribution is 2.30. The number of rotatable bonds is 4. The first kappa shape index (κ1) is 14.3. The molecule has 2 aromatic rings. The number of hydrogen-bond donors (Lipinski definition) is 1. The van der Waals surface area contributed by atoms with Crippen molar-refractivity contribution >= 4 is 22.2 Å². The summed E-state index contributed by atoms with van der Waals surface area (Å²) in [7, 11) is 0. The molecule has 1 aromatic heterocycles. The fourth-order valence-electron chi connectivity index (χ4n) is 2.02. The number of thiophene rings is 1. The Morgan fingerprint density at radius 1 is 1.27 bits per heavy atom. The molecule has 2 heterocycles. The number of carbonyl (C=O) groups is 1. The number of hydrogen-bond acceptors (Lipinski definition) is 6. The van der Waals surface area contributed by atoms with Crippen molar-refractivity contribution in [2.75, 3.05) is 13.2 Å². The summed E-state index contributed by atoms with van der Waals surface area (Å²) < 4.78 is 10.9. The first-order chi connectivity index (χ1) is 10.6. The molecule has 22 heavy (non-hydrogen) atoms. The van der Waals surface area contributed by atoms with Gasteiger partial charge in [-0.3, -0.25) is 14.9 Å². The molecule has 114 valence electrons. The minimum Gasteiger partial charge on any atom is -0.486 e. The number of nitrogens with one attached hydrogen (secondary N) is 1. The summed E-state index contributed by atoms with van der Waals surface area (Å²) in [4.78, 5) is 22.1. The van der Waals surface area contributed by atoms with Crippen molar-refractivity contribution < 1.29 is 19.2 Å². The van der Waals surface area contributed by atoms with Gasteiger partial charge >= 0.3 is 5.00 Å². The molecule has 1 N–H and O–H groups in total. The molecule has 0 saturated heterocycles. The van der Waals surface area contributed by atoms with Crippen LogP contribution in [0.25, 0.3) is 0 Å². The zero-order valence-corrected chi connectivity index (χ0v) is 12.2. The van der Waals surface area contributed by atoms with Crippen LogP contribution in [0.4, 0.5) is 5.00 Å². The molecule has 7 nitrogen and oxygen atoms in total. The molecule has 3 rings (SSSR count). The van der Waals surface area contributed by atoms with Crippen LogP contribution in [-0.4, -0.2) is 24.0 Å². The van der Waals surface area contributed by atoms with Gasteiger partial charge in [0.05, 0.1) is 10.5 Å². The van der Waals surface area contributed by atoms with E-state index < -0.39 is 4.92 Å². The molecule has 1 aromatic carbocycles. The molecule has 0 spiro atoms. The Labute approximate surface area is 129 Å². The lowest BCUT2D eigenvalue weighted by Gasteiger charge is -2.18. The molecular weight excluding hydrogens is 308 g/mol. The van der Waals surface area contributed by atoms with Gasteiger partial charge in [0.1, 0.15) is 13.2 Å². The number of ether oxygens (including phenoxy) is 2. The monoisotopic (exact) mass is 320 g/mol. The molecule has 1 aliphatic heterocycles. The highest BCUT2D eigenvalue weighted by atomic mass is 32.1. The van der Waals surface area contributed by atoms with Crippen LogP contribution in [-0.2, 0) is 6.54 Å². The average molecular weight is 320 g/mol. The zero-order chi connectivity index (χ0) is 15.5. The van der Waals surface area contributed by atoms with Crippen molar-refractivity contribution in [1.29, 1.82) is 0 Å². The Hall–Kier alpha value is -2.61. The fraction of sp³-hybridized carbons (Fsp3) is 0.214. The van der Waals surface area contributed by atoms with E-state index in [4.69, 9.17) is 9.47 Å². The van der Waals surface area contributed by atoms with Crippen LogP contribution in [0.3, 0.4) is 0 Å². The number of carbonyl (C=O) groups excluding carboxylic acids is 1. The maximum Gasteiger partial charge on any atom is 0.324 e. The van der Waals surface area contributed by atoms with E-state index in [0.29, 0.717) is 31.3 Å². The minimum absolute atomic E-state index is 0.0514. The normalized spacial score (nSPS) is 12.7. The fourth-order valence-corrected chi connectivity index (χ4v) is 2.73. The van der Waals surface area contributed by atoms with E-state index in [2.05, 4.69) is 5.32 Å². The van der Waals surface area contributed by atoms with Crippen LogP contribution in [0.15, 0.2) is 29.6 Å². The number of fused-ring (bicyclic) bond motifs is 1. The summed E-state index contributed by atoms with van der Waals surface area (Å²) in [6, 6.07) is 6.71. The third kappa shape index (κ3) is 3.01. The highest BCUT2D eigenvalue weighted by molar-refractivity contribution is 7.13. The van der Waals surface area contributed by atoms with Gasteiger partial charge in [0, 0.05) is 18.0 Å². The molecule has 0 bridgehead atoms. The quantitative estimate of drug-likeness (QED) is 0.690. The van der Waals surface area contributed by atoms with Gasteiger partial charge in [-0.1, -0.05) is 17.4 Å². The summed E-state index contributed by atoms with van der Waals surface area (Å²) in [5.74, 6) is 0.998. The smallest absolute Gasteiger partial charge is 0.324 e. The van der Waals surface area contributed by atoms with Gasteiger partial charge in [0.15, 0.2) is 11.5 Å². The SMILES string of the molecule is O=C(NCc1ccc2c(c1)OCCO2)c1csc([N+](=O)[O-])c1. The second-order valence-electron chi connectivity index (χ2n) is 4.59. The third-order valence-corrected chi connectivity index (χ3v) is 3.97. The van der Waals surface area contributed by atoms with E-state index in [1.807, 2.05) is 12.1 Å². The summed E-state index contributed by atoms with van der Waals surface area (Å²) >= 11 is 0.930. The second-order valence-corrected chi connectivity index (χ2v) is 5.48. The van der Waals surface area contributed by atoms with Crippen LogP contribution < -0.4 is 14.8 Å². The van der Waals surface area contributed by atoms with Crippen LogP contribution >= 0.6 is 11.3 Å². The van der Waals surface area contributed by atoms with Crippen molar-refractivity contribution in [3.05, 3.63) is 50.9 Å². The molecule has 1 amide bonds. The first-order valence-corrected chi connectivity index (χ1v) is 7.41. The van der Waals surface area contributed by atoms with Crippen molar-refractivity contribution in [3.8, 4) is 11.5 Å². The molecule has 0 unspecified atom stereocenters. The lowest BCUT2D eigenvalue weighted by atomic mass is 10.2. The van der Waals surface area contributed by atoms with Gasteiger partial charge in [-0.05, 0) is 17.7 Å². The molecule has 1 aliphatic rings. The predicted octanol–water partition coefficient (Wildman–Crippen LogP) is 2.36. The molecule has 0 radical (unpaired) electrons. The van der Waals surface area contributed by atoms with Gasteiger partial charge in [-0.2, -0.15) is 0 Å². The lowest BCUT2D eigenvalue weighted by Crippen LogP contribution is -2.22. The largest absolute Gasteiger partial charge is 0.486 e. The summed E-state index contributed by atoms with van der Waals surface area (Å²) in [5, 5.41) is 14.8. The number of amides is 1. The van der Waals surface area contributed by atoms with E-state index in [1.54, 1.807) is 6.07 Å². The van der Waals surface area contributed by atoms with E-state index in [-0.39, 0.29) is 16.5 Å². The minimum atomic E-state index is -0.512. The Kier molecular flexibility index (Phi) is 3.92. The standard InChI is InChI=1S/C14H12N2O5S/c17-14(10-6-13(16(18)19)22-8-10)15-7-9-1-2-11-12(5-9)21-4-3-20-11/h1-2,5-6,8H,3-4,7H2,(H,15,17). The Morgan fingerprint density at radius 2 is 2.05 bits per heavy atom. The van der Waals surface area contributed by atoms with E-state index in [1.165, 1.54) is 11.4 Å². The maximum absolute atomic E-state index is 12.0. The van der Waals surface area contributed by atoms with Gasteiger partial charge in [-0.25, -0.2) is 0 Å². The summed E-state index contributed by atoms with van der Waals surface area (Å²) in [5.41, 5.74) is 1.15. The van der Waals surface area contributed by atoms with Crippen molar-refractivity contribution in [1.82, 2.24) is 5.32 Å². The van der Waals surface area contributed by atoms with Crippen molar-refractivity contribution in [2.45, 2.75) is 6.54 Å². The van der Waals surface area contributed by atoms with E-state index in [9.17, 15) is 14.9 Å². The maximum atomic E-state index is 12.0. The molecule has 0 fully saturated rings. The lowest BCUT2D eigenvalue weighted by molar-refractivity contribution is -0.380. The number of nitro groups is 1. The molecule has 0 saturated carbocycles. The van der Waals surface area contributed by atoms with Gasteiger partial charge in [0.2, 0.25) is 0 Å². The third-order valence-electron chi connectivity index (χ3n) is 3.09. The molecule has 0 aliphatic carbocycles. The number of benzene rings is 1. The summed E-state index contributed by atoms with van der Waals surface area (Å²) in [6.45, 7) is 1.33. The Balaban J connectivity index is 1.64. The Bertz CT molecular complexity index is 728. The van der Waals surface area contributed by atoms with Gasteiger partial charge in [-0.15, -0.1) is 0 Å². The van der Waals surface area contributed by atoms with Crippen molar-refractivity contribution in [2.24, 2.45) is 0 Å². The topological polar surface area (TPSA) is 90.7 Å². The second kappa shape index (κ2) is 6.02. The highest BCUT2D eigenvalue weighted by Gasteiger charge is 2.15. The van der Waals surface area contributed by atoms with E-state index >= 15 is 0 Å². The predicted molar refractivity (Wildman–Crippen MR) is 79.6 cm³/mol. The van der Waals surface area contributed by atoms with Gasteiger partial charge in [0.25, 0.3) is 5.91 Å². The number of nitrogens with zero attached hydrogens (tertiary/aromatic N) is 1. The first-order valence-electron chi connectivity index (χ1n) is 6.53. The molecule has 0 atom stereocenters. The van der Waals surface area contributed by atoms with Crippen LogP contribution in [0.5, 0.6) is 11.5 Å². The van der Waals surface area contributed by atoms with Gasteiger partial charge < -0.3 is 14.8 Å². The molecule has 8 heteroatoms. The Morgan fingerprint density at radius 3 is 2.77 bits per heavy atom. The van der Waals surface area contributed by atoms with E-state index in [0.717, 1.165) is 16.9 Å². The van der Waals surface area contributed by atoms with Crippen molar-refractivity contribution in [3.63, 3.8) is 0 Å². The van der Waals surface area contributed by atoms with Crippen LogP contribution in [0.2, 0.25) is 0 Å². The molecular formula is C14H12N2O5S.